The molecule has 0 unspecified atom stereocenters. The van der Waals surface area contributed by atoms with Gasteiger partial charge in [-0.2, -0.15) is 0 Å². The average Bonchev–Trinajstić information content (AvgIpc) is 3.04. The van der Waals surface area contributed by atoms with Crippen molar-refractivity contribution in [1.82, 2.24) is 10.2 Å². The van der Waals surface area contributed by atoms with Crippen molar-refractivity contribution in [1.29, 1.82) is 0 Å². The molecule has 1 aliphatic rings. The Hall–Kier alpha value is -2.53. The summed E-state index contributed by atoms with van der Waals surface area (Å²) < 4.78 is 11.0. The molecule has 0 bridgehead atoms. The number of carbonyl (C=O) groups is 1. The van der Waals surface area contributed by atoms with Gasteiger partial charge in [0.05, 0.1) is 19.3 Å². The Morgan fingerprint density at radius 2 is 1.53 bits per heavy atom. The molecule has 162 valence electrons. The number of amides is 1. The number of nitrogens with one attached hydrogen (secondary N) is 1. The van der Waals surface area contributed by atoms with Crippen molar-refractivity contribution >= 4 is 5.91 Å². The van der Waals surface area contributed by atoms with Gasteiger partial charge in [-0.25, -0.2) is 0 Å². The second-order valence-corrected chi connectivity index (χ2v) is 8.14. The molecular weight excluding hydrogens is 376 g/mol. The zero-order valence-corrected chi connectivity index (χ0v) is 18.4. The number of nitrogens with zero attached hydrogens (tertiary/aromatic N) is 1. The zero-order valence-electron chi connectivity index (χ0n) is 18.4. The van der Waals surface area contributed by atoms with E-state index >= 15 is 0 Å². The fourth-order valence-corrected chi connectivity index (χ4v) is 3.94. The molecule has 1 saturated heterocycles. The molecule has 5 nitrogen and oxygen atoms in total. The summed E-state index contributed by atoms with van der Waals surface area (Å²) in [6.07, 6.45) is 5.09. The molecular formula is C25H34N2O3. The standard InChI is InChI=1S/C25H34N2O3/c1-19(2)30-23-14-10-21(11-15-23)25(28)26-18-24(27-16-6-4-5-7-17-27)20-8-12-22(29-3)13-9-20/h8-15,19,24H,4-7,16-18H2,1-3H3,(H,26,28)/t24-/m0/s1. The van der Waals surface area contributed by atoms with E-state index in [0.717, 1.165) is 24.6 Å². The Balaban J connectivity index is 1.69. The summed E-state index contributed by atoms with van der Waals surface area (Å²) in [7, 11) is 1.68. The van der Waals surface area contributed by atoms with Crippen LogP contribution in [0.4, 0.5) is 0 Å². The lowest BCUT2D eigenvalue weighted by molar-refractivity contribution is 0.0933. The summed E-state index contributed by atoms with van der Waals surface area (Å²) in [4.78, 5) is 15.3. The van der Waals surface area contributed by atoms with E-state index in [1.807, 2.05) is 50.2 Å². The van der Waals surface area contributed by atoms with Crippen molar-refractivity contribution in [2.75, 3.05) is 26.7 Å². The molecule has 1 amide bonds. The molecule has 1 heterocycles. The van der Waals surface area contributed by atoms with E-state index in [0.29, 0.717) is 12.1 Å². The highest BCUT2D eigenvalue weighted by Gasteiger charge is 2.22. The van der Waals surface area contributed by atoms with Gasteiger partial charge >= 0.3 is 0 Å². The van der Waals surface area contributed by atoms with Gasteiger partial charge < -0.3 is 14.8 Å². The van der Waals surface area contributed by atoms with Gasteiger partial charge in [-0.05, 0) is 81.7 Å². The second kappa shape index (κ2) is 11.0. The molecule has 1 atom stereocenters. The van der Waals surface area contributed by atoms with Crippen LogP contribution >= 0.6 is 0 Å². The van der Waals surface area contributed by atoms with Crippen LogP contribution in [0.15, 0.2) is 48.5 Å². The van der Waals surface area contributed by atoms with Crippen LogP contribution in [0.25, 0.3) is 0 Å². The van der Waals surface area contributed by atoms with Crippen molar-refractivity contribution < 1.29 is 14.3 Å². The smallest absolute Gasteiger partial charge is 0.251 e. The molecule has 5 heteroatoms. The minimum Gasteiger partial charge on any atom is -0.497 e. The van der Waals surface area contributed by atoms with Crippen molar-refractivity contribution in [3.8, 4) is 11.5 Å². The normalized spacial score (nSPS) is 16.0. The van der Waals surface area contributed by atoms with Crippen molar-refractivity contribution in [2.24, 2.45) is 0 Å². The van der Waals surface area contributed by atoms with Gasteiger partial charge in [-0.3, -0.25) is 9.69 Å². The summed E-state index contributed by atoms with van der Waals surface area (Å²) >= 11 is 0. The number of likely N-dealkylation sites (tertiary alicyclic amines) is 1. The molecule has 0 saturated carbocycles. The van der Waals surface area contributed by atoms with Crippen LogP contribution in [0.5, 0.6) is 11.5 Å². The van der Waals surface area contributed by atoms with Gasteiger partial charge in [0.1, 0.15) is 11.5 Å². The third-order valence-corrected chi connectivity index (χ3v) is 5.53. The molecule has 30 heavy (non-hydrogen) atoms. The Morgan fingerprint density at radius 3 is 2.10 bits per heavy atom. The summed E-state index contributed by atoms with van der Waals surface area (Å²) in [5, 5.41) is 3.15. The first-order valence-electron chi connectivity index (χ1n) is 11.0. The monoisotopic (exact) mass is 410 g/mol. The summed E-state index contributed by atoms with van der Waals surface area (Å²) in [6, 6.07) is 15.7. The van der Waals surface area contributed by atoms with Crippen LogP contribution in [0.3, 0.4) is 0 Å². The number of rotatable bonds is 8. The maximum Gasteiger partial charge on any atom is 0.251 e. The van der Waals surface area contributed by atoms with Crippen LogP contribution in [0.1, 0.15) is 61.5 Å². The average molecular weight is 411 g/mol. The van der Waals surface area contributed by atoms with Gasteiger partial charge in [0.25, 0.3) is 5.91 Å². The summed E-state index contributed by atoms with van der Waals surface area (Å²) in [6.45, 7) is 6.68. The predicted octanol–water partition coefficient (Wildman–Crippen LogP) is 4.83. The first-order valence-corrected chi connectivity index (χ1v) is 11.0. The van der Waals surface area contributed by atoms with Crippen LogP contribution < -0.4 is 14.8 Å². The number of methoxy groups -OCH3 is 1. The lowest BCUT2D eigenvalue weighted by atomic mass is 10.0. The Kier molecular flexibility index (Phi) is 8.14. The Bertz CT molecular complexity index is 779. The largest absolute Gasteiger partial charge is 0.497 e. The number of carbonyl (C=O) groups excluding carboxylic acids is 1. The van der Waals surface area contributed by atoms with Gasteiger partial charge in [-0.15, -0.1) is 0 Å². The first-order chi connectivity index (χ1) is 14.6. The van der Waals surface area contributed by atoms with Gasteiger partial charge in [0, 0.05) is 12.1 Å². The molecule has 2 aromatic carbocycles. The van der Waals surface area contributed by atoms with E-state index in [9.17, 15) is 4.79 Å². The van der Waals surface area contributed by atoms with Crippen LogP contribution in [0.2, 0.25) is 0 Å². The topological polar surface area (TPSA) is 50.8 Å². The highest BCUT2D eigenvalue weighted by atomic mass is 16.5. The number of hydrogen-bond acceptors (Lipinski definition) is 4. The number of hydrogen-bond donors (Lipinski definition) is 1. The maximum absolute atomic E-state index is 12.8. The minimum atomic E-state index is -0.0561. The van der Waals surface area contributed by atoms with E-state index in [-0.39, 0.29) is 18.1 Å². The molecule has 0 spiro atoms. The van der Waals surface area contributed by atoms with Gasteiger partial charge in [-0.1, -0.05) is 25.0 Å². The molecule has 2 aromatic rings. The summed E-state index contributed by atoms with van der Waals surface area (Å²) in [5.41, 5.74) is 1.86. The highest BCUT2D eigenvalue weighted by molar-refractivity contribution is 5.94. The SMILES string of the molecule is COc1ccc([C@H](CNC(=O)c2ccc(OC(C)C)cc2)N2CCCCCC2)cc1. The quantitative estimate of drug-likeness (QED) is 0.677. The molecule has 3 rings (SSSR count). The molecule has 0 radical (unpaired) electrons. The highest BCUT2D eigenvalue weighted by Crippen LogP contribution is 2.26. The van der Waals surface area contributed by atoms with Gasteiger partial charge in [0.15, 0.2) is 0 Å². The lowest BCUT2D eigenvalue weighted by Gasteiger charge is -2.31. The minimum absolute atomic E-state index is 0.0561. The Morgan fingerprint density at radius 1 is 0.933 bits per heavy atom. The number of benzene rings is 2. The van der Waals surface area contributed by atoms with E-state index in [1.165, 1.54) is 31.2 Å². The van der Waals surface area contributed by atoms with Crippen LogP contribution in [0, 0.1) is 0 Å². The van der Waals surface area contributed by atoms with E-state index in [1.54, 1.807) is 7.11 Å². The van der Waals surface area contributed by atoms with E-state index in [4.69, 9.17) is 9.47 Å². The van der Waals surface area contributed by atoms with E-state index in [2.05, 4.69) is 22.3 Å². The third kappa shape index (κ3) is 6.23. The van der Waals surface area contributed by atoms with Crippen LogP contribution in [-0.2, 0) is 0 Å². The van der Waals surface area contributed by atoms with Crippen molar-refractivity contribution in [3.05, 3.63) is 59.7 Å². The van der Waals surface area contributed by atoms with Crippen LogP contribution in [-0.4, -0.2) is 43.7 Å². The first kappa shape index (κ1) is 22.2. The van der Waals surface area contributed by atoms with E-state index < -0.39 is 0 Å². The fraction of sp³-hybridized carbons (Fsp3) is 0.480. The summed E-state index contributed by atoms with van der Waals surface area (Å²) in [5.74, 6) is 1.57. The Labute approximate surface area is 180 Å². The molecule has 1 aliphatic heterocycles. The molecule has 0 aliphatic carbocycles. The van der Waals surface area contributed by atoms with Gasteiger partial charge in [0.2, 0.25) is 0 Å². The molecule has 1 N–H and O–H groups in total. The fourth-order valence-electron chi connectivity index (χ4n) is 3.94. The van der Waals surface area contributed by atoms with Crippen molar-refractivity contribution in [3.63, 3.8) is 0 Å². The molecule has 0 aromatic heterocycles. The molecule has 1 fully saturated rings. The predicted molar refractivity (Wildman–Crippen MR) is 120 cm³/mol. The maximum atomic E-state index is 12.8. The lowest BCUT2D eigenvalue weighted by Crippen LogP contribution is -2.38. The third-order valence-electron chi connectivity index (χ3n) is 5.53. The zero-order chi connectivity index (χ0) is 21.3. The van der Waals surface area contributed by atoms with Crippen molar-refractivity contribution in [2.45, 2.75) is 51.7 Å². The second-order valence-electron chi connectivity index (χ2n) is 8.14. The number of ether oxygens (including phenoxy) is 2.